The molecule has 4 nitrogen and oxygen atoms in total. The Morgan fingerprint density at radius 1 is 0.879 bits per heavy atom. The molecule has 33 heavy (non-hydrogen) atoms. The van der Waals surface area contributed by atoms with E-state index in [1.807, 2.05) is 30.3 Å². The normalized spacial score (nSPS) is 20.0. The summed E-state index contributed by atoms with van der Waals surface area (Å²) < 4.78 is 37.7. The Morgan fingerprint density at radius 3 is 1.94 bits per heavy atom. The lowest BCUT2D eigenvalue weighted by Crippen LogP contribution is -2.30. The molecular weight excluding hydrogens is 432 g/mol. The molecule has 0 saturated heterocycles. The number of ether oxygens (including phenoxy) is 1. The molecule has 1 saturated carbocycles. The fourth-order valence-corrected chi connectivity index (χ4v) is 6.07. The molecule has 0 N–H and O–H groups in total. The molecule has 0 amide bonds. The first kappa shape index (κ1) is 25.8. The maximum absolute atomic E-state index is 13.0. The van der Waals surface area contributed by atoms with Crippen molar-refractivity contribution in [1.82, 2.24) is 0 Å². The van der Waals surface area contributed by atoms with Crippen LogP contribution in [0.3, 0.4) is 0 Å². The van der Waals surface area contributed by atoms with Gasteiger partial charge in [-0.05, 0) is 34.8 Å². The zero-order valence-electron chi connectivity index (χ0n) is 21.3. The van der Waals surface area contributed by atoms with E-state index in [0.29, 0.717) is 0 Å². The molecule has 1 aliphatic rings. The Bertz CT molecular complexity index is 1010. The zero-order chi connectivity index (χ0) is 24.4. The molecule has 0 radical (unpaired) electrons. The van der Waals surface area contributed by atoms with Crippen LogP contribution >= 0.6 is 0 Å². The molecule has 2 atom stereocenters. The summed E-state index contributed by atoms with van der Waals surface area (Å²) in [5.74, 6) is 0.876. The SMILES string of the molecule is COc1c(C(C)(C)C)cc([C@H]2CCCC[C@@H]2OS(=O)(=O)Cc2ccccc2)cc1C(C)(C)C. The van der Waals surface area contributed by atoms with Gasteiger partial charge in [0.05, 0.1) is 13.2 Å². The van der Waals surface area contributed by atoms with Crippen molar-refractivity contribution in [2.24, 2.45) is 0 Å². The van der Waals surface area contributed by atoms with E-state index in [-0.39, 0.29) is 28.6 Å². The molecular formula is C28H40O4S. The van der Waals surface area contributed by atoms with Crippen molar-refractivity contribution in [1.29, 1.82) is 0 Å². The zero-order valence-corrected chi connectivity index (χ0v) is 22.1. The Kier molecular flexibility index (Phi) is 7.65. The quantitative estimate of drug-likeness (QED) is 0.431. The number of rotatable bonds is 6. The van der Waals surface area contributed by atoms with Crippen molar-refractivity contribution in [2.45, 2.75) is 95.8 Å². The van der Waals surface area contributed by atoms with Gasteiger partial charge in [0.15, 0.2) is 0 Å². The second-order valence-corrected chi connectivity index (χ2v) is 13.0. The molecule has 1 fully saturated rings. The van der Waals surface area contributed by atoms with E-state index in [9.17, 15) is 8.42 Å². The van der Waals surface area contributed by atoms with Crippen molar-refractivity contribution in [3.8, 4) is 5.75 Å². The maximum atomic E-state index is 13.0. The van der Waals surface area contributed by atoms with Crippen molar-refractivity contribution in [3.63, 3.8) is 0 Å². The summed E-state index contributed by atoms with van der Waals surface area (Å²) in [6, 6.07) is 13.7. The monoisotopic (exact) mass is 472 g/mol. The Balaban J connectivity index is 2.00. The lowest BCUT2D eigenvalue weighted by Gasteiger charge is -2.35. The van der Waals surface area contributed by atoms with Gasteiger partial charge in [0.2, 0.25) is 0 Å². The van der Waals surface area contributed by atoms with Crippen LogP contribution < -0.4 is 4.74 Å². The molecule has 0 heterocycles. The first-order valence-electron chi connectivity index (χ1n) is 12.0. The summed E-state index contributed by atoms with van der Waals surface area (Å²) in [7, 11) is -1.95. The van der Waals surface area contributed by atoms with Crippen LogP contribution in [-0.4, -0.2) is 21.6 Å². The first-order valence-corrected chi connectivity index (χ1v) is 13.6. The van der Waals surface area contributed by atoms with Crippen molar-refractivity contribution in [3.05, 3.63) is 64.7 Å². The number of methoxy groups -OCH3 is 1. The van der Waals surface area contributed by atoms with Crippen LogP contribution in [0, 0.1) is 0 Å². The van der Waals surface area contributed by atoms with Crippen molar-refractivity contribution in [2.75, 3.05) is 7.11 Å². The summed E-state index contributed by atoms with van der Waals surface area (Å²) in [6.45, 7) is 13.2. The number of benzene rings is 2. The first-order chi connectivity index (χ1) is 15.3. The molecule has 0 spiro atoms. The molecule has 0 unspecified atom stereocenters. The highest BCUT2D eigenvalue weighted by molar-refractivity contribution is 7.85. The molecule has 182 valence electrons. The third-order valence-corrected chi connectivity index (χ3v) is 7.75. The minimum Gasteiger partial charge on any atom is -0.496 e. The molecule has 0 aromatic heterocycles. The maximum Gasteiger partial charge on any atom is 0.271 e. The van der Waals surface area contributed by atoms with Gasteiger partial charge in [-0.1, -0.05) is 96.8 Å². The standard InChI is InChI=1S/C28H40O4S/c1-27(2,3)23-17-21(18-24(26(23)31-7)28(4,5)6)22-15-11-12-16-25(22)32-33(29,30)19-20-13-9-8-10-14-20/h8-10,13-14,17-18,22,25H,11-12,15-16,19H2,1-7H3/t22-,25+/m1/s1. The van der Waals surface area contributed by atoms with Crippen LogP contribution in [0.5, 0.6) is 5.75 Å². The smallest absolute Gasteiger partial charge is 0.271 e. The Labute approximate surface area is 200 Å². The van der Waals surface area contributed by atoms with E-state index >= 15 is 0 Å². The highest BCUT2D eigenvalue weighted by atomic mass is 32.2. The van der Waals surface area contributed by atoms with Gasteiger partial charge in [-0.2, -0.15) is 8.42 Å². The van der Waals surface area contributed by atoms with Gasteiger partial charge >= 0.3 is 0 Å². The van der Waals surface area contributed by atoms with Gasteiger partial charge in [0, 0.05) is 17.0 Å². The predicted octanol–water partition coefficient (Wildman–Crippen LogP) is 6.86. The molecule has 3 rings (SSSR count). The van der Waals surface area contributed by atoms with E-state index in [1.165, 1.54) is 0 Å². The van der Waals surface area contributed by atoms with E-state index in [4.69, 9.17) is 8.92 Å². The minimum atomic E-state index is -3.69. The molecule has 2 aromatic carbocycles. The van der Waals surface area contributed by atoms with Crippen molar-refractivity contribution >= 4 is 10.1 Å². The average Bonchev–Trinajstić information content (AvgIpc) is 2.72. The largest absolute Gasteiger partial charge is 0.496 e. The molecule has 5 heteroatoms. The number of hydrogen-bond acceptors (Lipinski definition) is 4. The number of hydrogen-bond donors (Lipinski definition) is 0. The summed E-state index contributed by atoms with van der Waals surface area (Å²) in [6.07, 6.45) is 3.38. The Morgan fingerprint density at radius 2 is 1.42 bits per heavy atom. The van der Waals surface area contributed by atoms with Gasteiger partial charge in [-0.25, -0.2) is 0 Å². The van der Waals surface area contributed by atoms with Crippen LogP contribution in [-0.2, 0) is 30.9 Å². The van der Waals surface area contributed by atoms with Crippen LogP contribution in [0.4, 0.5) is 0 Å². The summed E-state index contributed by atoms with van der Waals surface area (Å²) >= 11 is 0. The second kappa shape index (κ2) is 9.79. The van der Waals surface area contributed by atoms with Gasteiger partial charge < -0.3 is 4.74 Å². The molecule has 2 aromatic rings. The lowest BCUT2D eigenvalue weighted by molar-refractivity contribution is 0.136. The van der Waals surface area contributed by atoms with Crippen molar-refractivity contribution < 1.29 is 17.3 Å². The summed E-state index contributed by atoms with van der Waals surface area (Å²) in [5, 5.41) is 0. The Hall–Kier alpha value is -1.85. The van der Waals surface area contributed by atoms with Gasteiger partial charge in [0.1, 0.15) is 11.5 Å². The topological polar surface area (TPSA) is 52.6 Å². The van der Waals surface area contributed by atoms with Gasteiger partial charge in [0.25, 0.3) is 10.1 Å². The second-order valence-electron chi connectivity index (χ2n) is 11.4. The van der Waals surface area contributed by atoms with E-state index in [2.05, 4.69) is 53.7 Å². The third kappa shape index (κ3) is 6.39. The minimum absolute atomic E-state index is 0.0393. The van der Waals surface area contributed by atoms with Crippen LogP contribution in [0.25, 0.3) is 0 Å². The highest BCUT2D eigenvalue weighted by Gasteiger charge is 2.35. The summed E-state index contributed by atoms with van der Waals surface area (Å²) in [4.78, 5) is 0. The van der Waals surface area contributed by atoms with Crippen LogP contribution in [0.2, 0.25) is 0 Å². The molecule has 0 aliphatic heterocycles. The van der Waals surface area contributed by atoms with E-state index < -0.39 is 10.1 Å². The van der Waals surface area contributed by atoms with E-state index in [1.54, 1.807) is 7.11 Å². The fraction of sp³-hybridized carbons (Fsp3) is 0.571. The average molecular weight is 473 g/mol. The third-order valence-electron chi connectivity index (χ3n) is 6.52. The summed E-state index contributed by atoms with van der Waals surface area (Å²) in [5.41, 5.74) is 4.01. The van der Waals surface area contributed by atoms with Crippen LogP contribution in [0.15, 0.2) is 42.5 Å². The fourth-order valence-electron chi connectivity index (χ4n) is 4.79. The molecule has 1 aliphatic carbocycles. The predicted molar refractivity (Wildman–Crippen MR) is 136 cm³/mol. The highest BCUT2D eigenvalue weighted by Crippen LogP contribution is 2.44. The van der Waals surface area contributed by atoms with E-state index in [0.717, 1.165) is 53.7 Å². The lowest BCUT2D eigenvalue weighted by atomic mass is 9.74. The molecule has 0 bridgehead atoms. The van der Waals surface area contributed by atoms with Gasteiger partial charge in [-0.3, -0.25) is 4.18 Å². The van der Waals surface area contributed by atoms with Crippen LogP contribution in [0.1, 0.15) is 95.4 Å². The van der Waals surface area contributed by atoms with Gasteiger partial charge in [-0.15, -0.1) is 0 Å².